The van der Waals surface area contributed by atoms with E-state index in [9.17, 15) is 4.79 Å². The van der Waals surface area contributed by atoms with Gasteiger partial charge in [-0.15, -0.1) is 0 Å². The molecule has 102 valence electrons. The molecule has 0 saturated heterocycles. The predicted octanol–water partition coefficient (Wildman–Crippen LogP) is 1.88. The Morgan fingerprint density at radius 1 is 1.53 bits per heavy atom. The molecule has 2 aromatic rings. The Morgan fingerprint density at radius 2 is 2.26 bits per heavy atom. The van der Waals surface area contributed by atoms with Gasteiger partial charge in [-0.3, -0.25) is 4.79 Å². The summed E-state index contributed by atoms with van der Waals surface area (Å²) in [5.74, 6) is 0.546. The molecule has 0 saturated carbocycles. The molecule has 6 heteroatoms. The molecule has 2 aromatic heterocycles. The van der Waals surface area contributed by atoms with Crippen LogP contribution in [0.2, 0.25) is 0 Å². The maximum absolute atomic E-state index is 12.1. The monoisotopic (exact) mass is 262 g/mol. The van der Waals surface area contributed by atoms with E-state index in [4.69, 9.17) is 10.3 Å². The number of aryl methyl sites for hydroxylation is 1. The highest BCUT2D eigenvalue weighted by atomic mass is 16.5. The van der Waals surface area contributed by atoms with E-state index in [0.717, 1.165) is 5.76 Å². The zero-order chi connectivity index (χ0) is 14.0. The maximum Gasteiger partial charge on any atom is 0.268 e. The normalized spacial score (nSPS) is 10.9. The summed E-state index contributed by atoms with van der Waals surface area (Å²) in [6, 6.07) is 3.63. The van der Waals surface area contributed by atoms with Crippen LogP contribution in [0.15, 0.2) is 22.9 Å². The summed E-state index contributed by atoms with van der Waals surface area (Å²) in [5.41, 5.74) is 7.56. The first-order valence-electron chi connectivity index (χ1n) is 6.15. The van der Waals surface area contributed by atoms with Crippen molar-refractivity contribution in [3.8, 4) is 0 Å². The van der Waals surface area contributed by atoms with Crippen molar-refractivity contribution in [2.45, 2.75) is 33.4 Å². The Bertz CT molecular complexity index is 583. The molecule has 0 atom stereocenters. The molecular formula is C13H18N4O2. The van der Waals surface area contributed by atoms with E-state index in [1.54, 1.807) is 18.3 Å². The van der Waals surface area contributed by atoms with Gasteiger partial charge in [-0.05, 0) is 26.8 Å². The number of aromatic nitrogens is 2. The van der Waals surface area contributed by atoms with E-state index in [-0.39, 0.29) is 11.9 Å². The van der Waals surface area contributed by atoms with Crippen LogP contribution in [-0.2, 0) is 6.54 Å². The van der Waals surface area contributed by atoms with Gasteiger partial charge < -0.3 is 20.1 Å². The first-order chi connectivity index (χ1) is 8.97. The highest BCUT2D eigenvalue weighted by Crippen LogP contribution is 2.16. The lowest BCUT2D eigenvalue weighted by molar-refractivity contribution is 0.0939. The number of nitrogen functional groups attached to an aromatic ring is 1. The SMILES string of the molecule is Cc1cc(CNC(=O)c2cc(N)cn2C(C)C)no1. The van der Waals surface area contributed by atoms with E-state index < -0.39 is 0 Å². The molecule has 0 aliphatic heterocycles. The van der Waals surface area contributed by atoms with Gasteiger partial charge in [-0.1, -0.05) is 5.16 Å². The molecule has 6 nitrogen and oxygen atoms in total. The molecule has 0 aromatic carbocycles. The summed E-state index contributed by atoms with van der Waals surface area (Å²) in [4.78, 5) is 12.1. The van der Waals surface area contributed by atoms with Crippen LogP contribution >= 0.6 is 0 Å². The van der Waals surface area contributed by atoms with Crippen LogP contribution < -0.4 is 11.1 Å². The molecule has 0 aliphatic carbocycles. The van der Waals surface area contributed by atoms with E-state index in [1.165, 1.54) is 0 Å². The lowest BCUT2D eigenvalue weighted by Crippen LogP contribution is -2.25. The largest absolute Gasteiger partial charge is 0.397 e. The second-order valence-corrected chi connectivity index (χ2v) is 4.77. The van der Waals surface area contributed by atoms with Crippen molar-refractivity contribution in [2.75, 3.05) is 5.73 Å². The van der Waals surface area contributed by atoms with Crippen molar-refractivity contribution >= 4 is 11.6 Å². The van der Waals surface area contributed by atoms with Gasteiger partial charge in [0.1, 0.15) is 17.1 Å². The van der Waals surface area contributed by atoms with Crippen molar-refractivity contribution in [2.24, 2.45) is 0 Å². The number of hydrogen-bond acceptors (Lipinski definition) is 4. The highest BCUT2D eigenvalue weighted by molar-refractivity contribution is 5.93. The molecule has 2 heterocycles. The zero-order valence-corrected chi connectivity index (χ0v) is 11.3. The Morgan fingerprint density at radius 3 is 2.84 bits per heavy atom. The predicted molar refractivity (Wildman–Crippen MR) is 71.6 cm³/mol. The number of nitrogens with one attached hydrogen (secondary N) is 1. The van der Waals surface area contributed by atoms with Gasteiger partial charge in [0, 0.05) is 18.3 Å². The minimum atomic E-state index is -0.175. The van der Waals surface area contributed by atoms with Gasteiger partial charge in [0.25, 0.3) is 5.91 Å². The third kappa shape index (κ3) is 2.96. The van der Waals surface area contributed by atoms with E-state index in [0.29, 0.717) is 23.6 Å². The number of nitrogens with two attached hydrogens (primary N) is 1. The molecule has 0 bridgehead atoms. The van der Waals surface area contributed by atoms with Crippen LogP contribution in [-0.4, -0.2) is 15.6 Å². The molecule has 3 N–H and O–H groups in total. The average Bonchev–Trinajstić information content (AvgIpc) is 2.92. The minimum absolute atomic E-state index is 0.173. The van der Waals surface area contributed by atoms with Crippen LogP contribution in [0, 0.1) is 6.92 Å². The Hall–Kier alpha value is -2.24. The topological polar surface area (TPSA) is 86.1 Å². The van der Waals surface area contributed by atoms with Crippen LogP contribution in [0.5, 0.6) is 0 Å². The molecule has 1 amide bonds. The number of amides is 1. The van der Waals surface area contributed by atoms with Gasteiger partial charge in [-0.25, -0.2) is 0 Å². The van der Waals surface area contributed by atoms with Crippen molar-refractivity contribution in [1.82, 2.24) is 15.0 Å². The first kappa shape index (κ1) is 13.2. The second kappa shape index (κ2) is 5.17. The van der Waals surface area contributed by atoms with Crippen molar-refractivity contribution in [3.05, 3.63) is 35.5 Å². The number of nitrogens with zero attached hydrogens (tertiary/aromatic N) is 2. The van der Waals surface area contributed by atoms with Gasteiger partial charge >= 0.3 is 0 Å². The fourth-order valence-electron chi connectivity index (χ4n) is 1.87. The van der Waals surface area contributed by atoms with Crippen molar-refractivity contribution in [1.29, 1.82) is 0 Å². The highest BCUT2D eigenvalue weighted by Gasteiger charge is 2.15. The van der Waals surface area contributed by atoms with Crippen molar-refractivity contribution < 1.29 is 9.32 Å². The van der Waals surface area contributed by atoms with Crippen LogP contribution in [0.1, 0.15) is 41.8 Å². The fourth-order valence-corrected chi connectivity index (χ4v) is 1.87. The summed E-state index contributed by atoms with van der Waals surface area (Å²) < 4.78 is 6.79. The second-order valence-electron chi connectivity index (χ2n) is 4.77. The molecule has 19 heavy (non-hydrogen) atoms. The Balaban J connectivity index is 2.07. The van der Waals surface area contributed by atoms with Gasteiger partial charge in [0.2, 0.25) is 0 Å². The first-order valence-corrected chi connectivity index (χ1v) is 6.15. The summed E-state index contributed by atoms with van der Waals surface area (Å²) in [5, 5.41) is 6.62. The number of anilines is 1. The number of rotatable bonds is 4. The van der Waals surface area contributed by atoms with Gasteiger partial charge in [0.05, 0.1) is 12.2 Å². The third-order valence-corrected chi connectivity index (χ3v) is 2.77. The molecule has 2 rings (SSSR count). The van der Waals surface area contributed by atoms with E-state index in [1.807, 2.05) is 25.3 Å². The smallest absolute Gasteiger partial charge is 0.268 e. The molecule has 0 fully saturated rings. The van der Waals surface area contributed by atoms with Gasteiger partial charge in [0.15, 0.2) is 0 Å². The van der Waals surface area contributed by atoms with E-state index in [2.05, 4.69) is 10.5 Å². The Labute approximate surface area is 111 Å². The quantitative estimate of drug-likeness (QED) is 0.880. The lowest BCUT2D eigenvalue weighted by atomic mass is 10.3. The number of hydrogen-bond donors (Lipinski definition) is 2. The molecule has 0 aliphatic rings. The van der Waals surface area contributed by atoms with Crippen LogP contribution in [0.4, 0.5) is 5.69 Å². The fraction of sp³-hybridized carbons (Fsp3) is 0.385. The zero-order valence-electron chi connectivity index (χ0n) is 11.3. The minimum Gasteiger partial charge on any atom is -0.397 e. The standard InChI is InChI=1S/C13H18N4O2/c1-8(2)17-7-10(14)5-12(17)13(18)15-6-11-4-9(3)19-16-11/h4-5,7-8H,6,14H2,1-3H3,(H,15,18). The van der Waals surface area contributed by atoms with E-state index >= 15 is 0 Å². The van der Waals surface area contributed by atoms with Crippen LogP contribution in [0.3, 0.4) is 0 Å². The summed E-state index contributed by atoms with van der Waals surface area (Å²) in [7, 11) is 0. The van der Waals surface area contributed by atoms with Crippen molar-refractivity contribution in [3.63, 3.8) is 0 Å². The number of carbonyl (C=O) groups excluding carboxylic acids is 1. The number of carbonyl (C=O) groups is 1. The molecule has 0 radical (unpaired) electrons. The molecular weight excluding hydrogens is 244 g/mol. The summed E-state index contributed by atoms with van der Waals surface area (Å²) in [6.45, 7) is 6.14. The third-order valence-electron chi connectivity index (χ3n) is 2.77. The molecule has 0 unspecified atom stereocenters. The van der Waals surface area contributed by atoms with Gasteiger partial charge in [-0.2, -0.15) is 0 Å². The van der Waals surface area contributed by atoms with Crippen LogP contribution in [0.25, 0.3) is 0 Å². The molecule has 0 spiro atoms. The Kier molecular flexibility index (Phi) is 3.59. The summed E-state index contributed by atoms with van der Waals surface area (Å²) in [6.07, 6.45) is 1.76. The maximum atomic E-state index is 12.1. The lowest BCUT2D eigenvalue weighted by Gasteiger charge is -2.12. The summed E-state index contributed by atoms with van der Waals surface area (Å²) >= 11 is 0. The average molecular weight is 262 g/mol.